The van der Waals surface area contributed by atoms with E-state index >= 15 is 0 Å². The number of rotatable bonds is 1. The molecule has 0 aromatic carbocycles. The molecule has 0 aliphatic rings. The van der Waals surface area contributed by atoms with E-state index in [1.54, 1.807) is 0 Å². The number of hydrogen-bond acceptors (Lipinski definition) is 3. The van der Waals surface area contributed by atoms with Crippen LogP contribution in [0, 0.1) is 0 Å². The molecule has 1 aromatic heterocycles. The van der Waals surface area contributed by atoms with Gasteiger partial charge in [0.25, 0.3) is 0 Å². The van der Waals surface area contributed by atoms with E-state index < -0.39 is 12.2 Å². The van der Waals surface area contributed by atoms with Crippen LogP contribution in [-0.2, 0) is 0 Å². The number of nitrogens with two attached hydrogens (primary N) is 1. The molecule has 0 fully saturated rings. The molecule has 1 heterocycles. The molecule has 0 aliphatic carbocycles. The molecule has 74 valence electrons. The van der Waals surface area contributed by atoms with Crippen molar-refractivity contribution in [3.63, 3.8) is 0 Å². The summed E-state index contributed by atoms with van der Waals surface area (Å²) in [4.78, 5) is 3.29. The quantitative estimate of drug-likeness (QED) is 0.778. The summed E-state index contributed by atoms with van der Waals surface area (Å²) in [6, 6.07) is 3.76. The highest BCUT2D eigenvalue weighted by atomic mass is 35.5. The van der Waals surface area contributed by atoms with Crippen LogP contribution in [0.4, 0.5) is 19.0 Å². The zero-order valence-electron chi connectivity index (χ0n) is 6.21. The molecule has 0 bridgehead atoms. The predicted molar refractivity (Wildman–Crippen MR) is 42.6 cm³/mol. The molecule has 3 nitrogen and oxygen atoms in total. The average molecular weight is 215 g/mol. The molecule has 2 N–H and O–H groups in total. The third kappa shape index (κ3) is 4.41. The van der Waals surface area contributed by atoms with Crippen molar-refractivity contribution >= 4 is 18.2 Å². The maximum Gasteiger partial charge on any atom is 0.574 e. The minimum atomic E-state index is -4.72. The van der Waals surface area contributed by atoms with Crippen molar-refractivity contribution in [2.45, 2.75) is 6.36 Å². The number of hydrogen-bond donors (Lipinski definition) is 1. The smallest absolute Gasteiger partial charge is 0.388 e. The number of halogens is 4. The SMILES string of the molecule is Cl.Nc1cccc(OC(F)(F)F)n1. The average Bonchev–Trinajstić information content (AvgIpc) is 1.82. The molecular formula is C6H6ClF3N2O. The van der Waals surface area contributed by atoms with Crippen LogP contribution in [0.5, 0.6) is 5.88 Å². The molecule has 0 saturated heterocycles. The van der Waals surface area contributed by atoms with Crippen LogP contribution in [0.1, 0.15) is 0 Å². The summed E-state index contributed by atoms with van der Waals surface area (Å²) in [5.41, 5.74) is 5.12. The van der Waals surface area contributed by atoms with E-state index in [1.807, 2.05) is 0 Å². The second-order valence-electron chi connectivity index (χ2n) is 1.95. The number of nitrogens with zero attached hydrogens (tertiary/aromatic N) is 1. The Labute approximate surface area is 78.1 Å². The van der Waals surface area contributed by atoms with Gasteiger partial charge in [-0.25, -0.2) is 0 Å². The van der Waals surface area contributed by atoms with E-state index in [-0.39, 0.29) is 18.2 Å². The third-order valence-electron chi connectivity index (χ3n) is 0.965. The molecule has 0 spiro atoms. The molecule has 13 heavy (non-hydrogen) atoms. The molecule has 0 atom stereocenters. The zero-order chi connectivity index (χ0) is 9.19. The maximum absolute atomic E-state index is 11.6. The summed E-state index contributed by atoms with van der Waals surface area (Å²) in [5.74, 6) is -0.570. The lowest BCUT2D eigenvalue weighted by Crippen LogP contribution is -2.18. The van der Waals surface area contributed by atoms with Gasteiger partial charge < -0.3 is 10.5 Å². The van der Waals surface area contributed by atoms with Gasteiger partial charge in [0.2, 0.25) is 5.88 Å². The van der Waals surface area contributed by atoms with Crippen molar-refractivity contribution in [1.29, 1.82) is 0 Å². The van der Waals surface area contributed by atoms with Crippen molar-refractivity contribution in [3.05, 3.63) is 18.2 Å². The minimum Gasteiger partial charge on any atom is -0.388 e. The van der Waals surface area contributed by atoms with E-state index in [2.05, 4.69) is 9.72 Å². The minimum absolute atomic E-state index is 0. The fraction of sp³-hybridized carbons (Fsp3) is 0.167. The first-order valence-corrected chi connectivity index (χ1v) is 2.96. The monoisotopic (exact) mass is 214 g/mol. The Balaban J connectivity index is 0.00000144. The second kappa shape index (κ2) is 4.18. The van der Waals surface area contributed by atoms with Crippen molar-refractivity contribution in [2.24, 2.45) is 0 Å². The highest BCUT2D eigenvalue weighted by Crippen LogP contribution is 2.20. The highest BCUT2D eigenvalue weighted by molar-refractivity contribution is 5.85. The van der Waals surface area contributed by atoms with Crippen LogP contribution < -0.4 is 10.5 Å². The largest absolute Gasteiger partial charge is 0.574 e. The predicted octanol–water partition coefficient (Wildman–Crippen LogP) is 1.98. The Bertz CT molecular complexity index is 279. The van der Waals surface area contributed by atoms with Gasteiger partial charge in [0, 0.05) is 6.07 Å². The standard InChI is InChI=1S/C6H5F3N2O.ClH/c7-6(8,9)12-5-3-1-2-4(10)11-5;/h1-3H,(H2,10,11);1H. The third-order valence-corrected chi connectivity index (χ3v) is 0.965. The lowest BCUT2D eigenvalue weighted by Gasteiger charge is -2.07. The Morgan fingerprint density at radius 1 is 1.31 bits per heavy atom. The fourth-order valence-corrected chi connectivity index (χ4v) is 0.606. The molecule has 0 unspecified atom stereocenters. The van der Waals surface area contributed by atoms with E-state index in [0.717, 1.165) is 6.07 Å². The lowest BCUT2D eigenvalue weighted by atomic mass is 10.4. The second-order valence-corrected chi connectivity index (χ2v) is 1.95. The van der Waals surface area contributed by atoms with Crippen LogP contribution in [0.3, 0.4) is 0 Å². The first-order chi connectivity index (χ1) is 5.47. The van der Waals surface area contributed by atoms with Gasteiger partial charge in [-0.05, 0) is 6.07 Å². The molecule has 1 aromatic rings. The number of ether oxygens (including phenoxy) is 1. The molecule has 0 amide bonds. The summed E-state index contributed by atoms with van der Waals surface area (Å²) in [5, 5.41) is 0. The van der Waals surface area contributed by atoms with Gasteiger partial charge in [-0.3, -0.25) is 0 Å². The highest BCUT2D eigenvalue weighted by Gasteiger charge is 2.31. The Hall–Kier alpha value is -1.17. The summed E-state index contributed by atoms with van der Waals surface area (Å²) >= 11 is 0. The van der Waals surface area contributed by atoms with Crippen LogP contribution in [0.2, 0.25) is 0 Å². The Kier molecular flexibility index (Phi) is 3.80. The van der Waals surface area contributed by atoms with Gasteiger partial charge in [0.15, 0.2) is 0 Å². The van der Waals surface area contributed by atoms with Crippen LogP contribution >= 0.6 is 12.4 Å². The van der Waals surface area contributed by atoms with Crippen LogP contribution in [0.25, 0.3) is 0 Å². The van der Waals surface area contributed by atoms with Gasteiger partial charge in [0.1, 0.15) is 5.82 Å². The summed E-state index contributed by atoms with van der Waals surface area (Å²) in [6.07, 6.45) is -4.72. The van der Waals surface area contributed by atoms with E-state index in [0.29, 0.717) is 0 Å². The number of aromatic nitrogens is 1. The Morgan fingerprint density at radius 3 is 2.38 bits per heavy atom. The first-order valence-electron chi connectivity index (χ1n) is 2.96. The number of pyridine rings is 1. The molecule has 0 aliphatic heterocycles. The van der Waals surface area contributed by atoms with E-state index in [9.17, 15) is 13.2 Å². The zero-order valence-corrected chi connectivity index (χ0v) is 7.02. The fourth-order valence-electron chi connectivity index (χ4n) is 0.606. The molecular weight excluding hydrogens is 209 g/mol. The normalized spacial score (nSPS) is 10.4. The summed E-state index contributed by atoms with van der Waals surface area (Å²) in [6.45, 7) is 0. The van der Waals surface area contributed by atoms with Gasteiger partial charge in [-0.1, -0.05) is 6.07 Å². The van der Waals surface area contributed by atoms with Gasteiger partial charge in [0.05, 0.1) is 0 Å². The van der Waals surface area contributed by atoms with Crippen molar-refractivity contribution in [3.8, 4) is 5.88 Å². The van der Waals surface area contributed by atoms with Gasteiger partial charge >= 0.3 is 6.36 Å². The Morgan fingerprint density at radius 2 is 1.92 bits per heavy atom. The topological polar surface area (TPSA) is 48.1 Å². The van der Waals surface area contributed by atoms with Gasteiger partial charge in [-0.15, -0.1) is 25.6 Å². The van der Waals surface area contributed by atoms with Gasteiger partial charge in [-0.2, -0.15) is 4.98 Å². The van der Waals surface area contributed by atoms with Crippen molar-refractivity contribution in [2.75, 3.05) is 5.73 Å². The van der Waals surface area contributed by atoms with Crippen molar-refractivity contribution < 1.29 is 17.9 Å². The summed E-state index contributed by atoms with van der Waals surface area (Å²) < 4.78 is 38.2. The van der Waals surface area contributed by atoms with Crippen molar-refractivity contribution in [1.82, 2.24) is 4.98 Å². The van der Waals surface area contributed by atoms with E-state index in [4.69, 9.17) is 5.73 Å². The first kappa shape index (κ1) is 11.8. The van der Waals surface area contributed by atoms with E-state index in [1.165, 1.54) is 12.1 Å². The molecule has 0 radical (unpaired) electrons. The summed E-state index contributed by atoms with van der Waals surface area (Å²) in [7, 11) is 0. The van der Waals surface area contributed by atoms with Crippen LogP contribution in [-0.4, -0.2) is 11.3 Å². The molecule has 0 saturated carbocycles. The molecule has 1 rings (SSSR count). The molecule has 7 heteroatoms. The van der Waals surface area contributed by atoms with Crippen LogP contribution in [0.15, 0.2) is 18.2 Å². The lowest BCUT2D eigenvalue weighted by molar-refractivity contribution is -0.276. The maximum atomic E-state index is 11.6. The number of anilines is 1. The number of alkyl halides is 3. The number of nitrogen functional groups attached to an aromatic ring is 1.